The SMILES string of the molecule is CC(C)C(N)CC[C@H](N)COc1cc(-c2ccc(F)cc2)cc(-c2ccc(F)cc2)c1. The Balaban J connectivity index is 1.81. The number of nitrogens with two attached hydrogens (primary N) is 2. The number of hydrogen-bond acceptors (Lipinski definition) is 3. The second kappa shape index (κ2) is 10.5. The van der Waals surface area contributed by atoms with Gasteiger partial charge in [-0.3, -0.25) is 0 Å². The number of ether oxygens (including phenoxy) is 1. The predicted octanol–water partition coefficient (Wildman–Crippen LogP) is 5.77. The van der Waals surface area contributed by atoms with Crippen LogP contribution in [0.3, 0.4) is 0 Å². The Morgan fingerprint density at radius 1 is 0.710 bits per heavy atom. The Hall–Kier alpha value is -2.76. The van der Waals surface area contributed by atoms with Crippen molar-refractivity contribution in [2.24, 2.45) is 17.4 Å². The zero-order valence-electron chi connectivity index (χ0n) is 18.0. The molecule has 31 heavy (non-hydrogen) atoms. The van der Waals surface area contributed by atoms with E-state index >= 15 is 0 Å². The lowest BCUT2D eigenvalue weighted by Gasteiger charge is -2.19. The molecule has 0 fully saturated rings. The van der Waals surface area contributed by atoms with Crippen LogP contribution in [0.25, 0.3) is 22.3 Å². The summed E-state index contributed by atoms with van der Waals surface area (Å²) in [5.74, 6) is 0.490. The summed E-state index contributed by atoms with van der Waals surface area (Å²) in [7, 11) is 0. The summed E-state index contributed by atoms with van der Waals surface area (Å²) in [6.45, 7) is 4.57. The molecule has 3 aromatic rings. The molecule has 5 heteroatoms. The minimum atomic E-state index is -0.291. The van der Waals surface area contributed by atoms with Crippen LogP contribution in [0.4, 0.5) is 8.78 Å². The van der Waals surface area contributed by atoms with Gasteiger partial charge >= 0.3 is 0 Å². The molecule has 4 N–H and O–H groups in total. The van der Waals surface area contributed by atoms with E-state index in [2.05, 4.69) is 13.8 Å². The van der Waals surface area contributed by atoms with Crippen molar-refractivity contribution < 1.29 is 13.5 Å². The van der Waals surface area contributed by atoms with Gasteiger partial charge in [-0.1, -0.05) is 38.1 Å². The summed E-state index contributed by atoms with van der Waals surface area (Å²) >= 11 is 0. The second-order valence-corrected chi connectivity index (χ2v) is 8.32. The normalized spacial score (nSPS) is 13.3. The largest absolute Gasteiger partial charge is 0.492 e. The Morgan fingerprint density at radius 3 is 1.65 bits per heavy atom. The van der Waals surface area contributed by atoms with Gasteiger partial charge in [0, 0.05) is 12.1 Å². The molecule has 3 nitrogen and oxygen atoms in total. The Labute approximate surface area is 183 Å². The van der Waals surface area contributed by atoms with E-state index in [0.29, 0.717) is 18.3 Å². The smallest absolute Gasteiger partial charge is 0.123 e. The lowest BCUT2D eigenvalue weighted by atomic mass is 9.98. The van der Waals surface area contributed by atoms with E-state index in [4.69, 9.17) is 16.2 Å². The first-order valence-corrected chi connectivity index (χ1v) is 10.6. The lowest BCUT2D eigenvalue weighted by Crippen LogP contribution is -2.33. The van der Waals surface area contributed by atoms with Crippen molar-refractivity contribution >= 4 is 0 Å². The molecule has 0 bridgehead atoms. The maximum Gasteiger partial charge on any atom is 0.123 e. The molecule has 3 rings (SSSR count). The Bertz CT molecular complexity index is 908. The maximum absolute atomic E-state index is 13.4. The third-order valence-electron chi connectivity index (χ3n) is 5.45. The molecule has 2 atom stereocenters. The van der Waals surface area contributed by atoms with Gasteiger partial charge in [0.2, 0.25) is 0 Å². The van der Waals surface area contributed by atoms with Crippen LogP contribution in [0.2, 0.25) is 0 Å². The van der Waals surface area contributed by atoms with Crippen molar-refractivity contribution in [1.82, 2.24) is 0 Å². The van der Waals surface area contributed by atoms with Crippen LogP contribution < -0.4 is 16.2 Å². The van der Waals surface area contributed by atoms with Crippen LogP contribution in [0.1, 0.15) is 26.7 Å². The molecule has 0 aromatic heterocycles. The fourth-order valence-electron chi connectivity index (χ4n) is 3.33. The quantitative estimate of drug-likeness (QED) is 0.458. The van der Waals surface area contributed by atoms with Crippen LogP contribution in [0.5, 0.6) is 5.75 Å². The minimum Gasteiger partial charge on any atom is -0.492 e. The molecule has 0 heterocycles. The van der Waals surface area contributed by atoms with Gasteiger partial charge in [-0.15, -0.1) is 0 Å². The van der Waals surface area contributed by atoms with Gasteiger partial charge < -0.3 is 16.2 Å². The van der Waals surface area contributed by atoms with E-state index in [1.807, 2.05) is 18.2 Å². The second-order valence-electron chi connectivity index (χ2n) is 8.32. The standard InChI is InChI=1S/C26H30F2N2O/c1-17(2)26(30)12-11-24(29)16-31-25-14-20(18-3-7-22(27)8-4-18)13-21(15-25)19-5-9-23(28)10-6-19/h3-10,13-15,17,24,26H,11-12,16,29-30H2,1-2H3/t24-,26?/m0/s1. The summed E-state index contributed by atoms with van der Waals surface area (Å²) in [6, 6.07) is 18.4. The van der Waals surface area contributed by atoms with Gasteiger partial charge in [-0.05, 0) is 83.5 Å². The number of benzene rings is 3. The van der Waals surface area contributed by atoms with E-state index < -0.39 is 0 Å². The van der Waals surface area contributed by atoms with Crippen molar-refractivity contribution in [3.63, 3.8) is 0 Å². The van der Waals surface area contributed by atoms with Crippen molar-refractivity contribution in [1.29, 1.82) is 0 Å². The average molecular weight is 425 g/mol. The summed E-state index contributed by atoms with van der Waals surface area (Å²) < 4.78 is 32.8. The highest BCUT2D eigenvalue weighted by Gasteiger charge is 2.12. The molecule has 3 aromatic carbocycles. The van der Waals surface area contributed by atoms with Crippen LogP contribution in [0.15, 0.2) is 66.7 Å². The van der Waals surface area contributed by atoms with Gasteiger partial charge in [0.15, 0.2) is 0 Å². The number of hydrogen-bond donors (Lipinski definition) is 2. The molecule has 164 valence electrons. The van der Waals surface area contributed by atoms with Crippen LogP contribution in [0, 0.1) is 17.6 Å². The average Bonchev–Trinajstić information content (AvgIpc) is 2.76. The minimum absolute atomic E-state index is 0.123. The first-order chi connectivity index (χ1) is 14.8. The summed E-state index contributed by atoms with van der Waals surface area (Å²) in [4.78, 5) is 0. The first-order valence-electron chi connectivity index (χ1n) is 10.6. The molecule has 0 saturated heterocycles. The maximum atomic E-state index is 13.4. The fraction of sp³-hybridized carbons (Fsp3) is 0.308. The zero-order chi connectivity index (χ0) is 22.4. The fourth-order valence-corrected chi connectivity index (χ4v) is 3.33. The van der Waals surface area contributed by atoms with Gasteiger partial charge in [0.1, 0.15) is 24.0 Å². The summed E-state index contributed by atoms with van der Waals surface area (Å²) in [5, 5.41) is 0. The molecule has 0 spiro atoms. The summed E-state index contributed by atoms with van der Waals surface area (Å²) in [6.07, 6.45) is 1.63. The van der Waals surface area contributed by atoms with E-state index in [9.17, 15) is 8.78 Å². The first kappa shape index (κ1) is 22.9. The molecule has 0 aliphatic rings. The highest BCUT2D eigenvalue weighted by molar-refractivity contribution is 5.75. The van der Waals surface area contributed by atoms with Crippen molar-refractivity contribution in [3.05, 3.63) is 78.4 Å². The molecule has 0 radical (unpaired) electrons. The monoisotopic (exact) mass is 424 g/mol. The molecule has 0 amide bonds. The molecule has 0 saturated carbocycles. The van der Waals surface area contributed by atoms with Gasteiger partial charge in [0.25, 0.3) is 0 Å². The van der Waals surface area contributed by atoms with Crippen LogP contribution >= 0.6 is 0 Å². The summed E-state index contributed by atoms with van der Waals surface area (Å²) in [5.41, 5.74) is 15.8. The van der Waals surface area contributed by atoms with Crippen molar-refractivity contribution in [2.45, 2.75) is 38.8 Å². The zero-order valence-corrected chi connectivity index (χ0v) is 18.0. The predicted molar refractivity (Wildman–Crippen MR) is 123 cm³/mol. The molecule has 1 unspecified atom stereocenters. The number of rotatable bonds is 9. The molecular formula is C26H30F2N2O. The molecule has 0 aliphatic carbocycles. The van der Waals surface area contributed by atoms with E-state index in [-0.39, 0.29) is 23.7 Å². The van der Waals surface area contributed by atoms with Gasteiger partial charge in [-0.25, -0.2) is 8.78 Å². The highest BCUT2D eigenvalue weighted by Crippen LogP contribution is 2.32. The van der Waals surface area contributed by atoms with E-state index in [1.165, 1.54) is 24.3 Å². The Kier molecular flexibility index (Phi) is 7.77. The van der Waals surface area contributed by atoms with Crippen molar-refractivity contribution in [3.8, 4) is 28.0 Å². The van der Waals surface area contributed by atoms with E-state index in [0.717, 1.165) is 35.1 Å². The van der Waals surface area contributed by atoms with Gasteiger partial charge in [-0.2, -0.15) is 0 Å². The highest BCUT2D eigenvalue weighted by atomic mass is 19.1. The van der Waals surface area contributed by atoms with Crippen LogP contribution in [-0.2, 0) is 0 Å². The van der Waals surface area contributed by atoms with Gasteiger partial charge in [0.05, 0.1) is 0 Å². The number of halogens is 2. The third-order valence-corrected chi connectivity index (χ3v) is 5.45. The van der Waals surface area contributed by atoms with E-state index in [1.54, 1.807) is 24.3 Å². The third kappa shape index (κ3) is 6.61. The van der Waals surface area contributed by atoms with Crippen LogP contribution in [-0.4, -0.2) is 18.7 Å². The topological polar surface area (TPSA) is 61.3 Å². The molecular weight excluding hydrogens is 394 g/mol. The van der Waals surface area contributed by atoms with Crippen molar-refractivity contribution in [2.75, 3.05) is 6.61 Å². The molecule has 0 aliphatic heterocycles. The Morgan fingerprint density at radius 2 is 1.19 bits per heavy atom. The lowest BCUT2D eigenvalue weighted by molar-refractivity contribution is 0.274.